The maximum atomic E-state index is 13.8. The zero-order chi connectivity index (χ0) is 17.7. The fourth-order valence-electron chi connectivity index (χ4n) is 3.10. The summed E-state index contributed by atoms with van der Waals surface area (Å²) in [6, 6.07) is 4.65. The van der Waals surface area contributed by atoms with Crippen LogP contribution in [0, 0.1) is 5.82 Å². The van der Waals surface area contributed by atoms with E-state index in [9.17, 15) is 9.18 Å². The van der Waals surface area contributed by atoms with Gasteiger partial charge in [0.15, 0.2) is 11.6 Å². The number of hydrogen-bond donors (Lipinski definition) is 0. The second kappa shape index (κ2) is 8.44. The van der Waals surface area contributed by atoms with Crippen molar-refractivity contribution in [2.75, 3.05) is 46.9 Å². The summed E-state index contributed by atoms with van der Waals surface area (Å²) in [5.74, 6) is -0.120. The van der Waals surface area contributed by atoms with Gasteiger partial charge in [0.1, 0.15) is 0 Å². The molecule has 1 aliphatic rings. The summed E-state index contributed by atoms with van der Waals surface area (Å²) in [7, 11) is 3.21. The Balaban J connectivity index is 1.92. The minimum absolute atomic E-state index is 0.0659. The van der Waals surface area contributed by atoms with E-state index in [-0.39, 0.29) is 17.7 Å². The zero-order valence-electron chi connectivity index (χ0n) is 15.1. The van der Waals surface area contributed by atoms with Crippen molar-refractivity contribution in [2.45, 2.75) is 26.4 Å². The Bertz CT molecular complexity index is 559. The zero-order valence-corrected chi connectivity index (χ0v) is 15.1. The van der Waals surface area contributed by atoms with Crippen LogP contribution in [0.1, 0.15) is 19.4 Å². The van der Waals surface area contributed by atoms with Crippen molar-refractivity contribution in [3.63, 3.8) is 0 Å². The Morgan fingerprint density at radius 3 is 2.54 bits per heavy atom. The summed E-state index contributed by atoms with van der Waals surface area (Å²) in [5, 5.41) is 0. The SMILES string of the molecule is CCN1CCN(C(C)C(=O)N(C)Cc2ccc(OC)c(F)c2)CC1. The molecule has 0 radical (unpaired) electrons. The number of piperazine rings is 1. The van der Waals surface area contributed by atoms with E-state index in [0.717, 1.165) is 38.3 Å². The lowest BCUT2D eigenvalue weighted by Crippen LogP contribution is -2.53. The molecule has 134 valence electrons. The van der Waals surface area contributed by atoms with E-state index in [1.54, 1.807) is 24.1 Å². The number of likely N-dealkylation sites (N-methyl/N-ethyl adjacent to an activating group) is 2. The van der Waals surface area contributed by atoms with E-state index in [1.807, 2.05) is 6.92 Å². The highest BCUT2D eigenvalue weighted by Gasteiger charge is 2.27. The Hall–Kier alpha value is -1.66. The standard InChI is InChI=1S/C18H28FN3O2/c1-5-21-8-10-22(11-9-21)14(2)18(23)20(3)13-15-6-7-17(24-4)16(19)12-15/h6-7,12,14H,5,8-11,13H2,1-4H3. The number of benzene rings is 1. The summed E-state index contributed by atoms with van der Waals surface area (Å²) in [6.45, 7) is 9.37. The molecule has 1 atom stereocenters. The number of halogens is 1. The van der Waals surface area contributed by atoms with E-state index in [1.165, 1.54) is 13.2 Å². The average Bonchev–Trinajstić information content (AvgIpc) is 2.60. The largest absolute Gasteiger partial charge is 0.494 e. The number of rotatable bonds is 6. The van der Waals surface area contributed by atoms with Crippen molar-refractivity contribution in [2.24, 2.45) is 0 Å². The Morgan fingerprint density at radius 2 is 2.00 bits per heavy atom. The lowest BCUT2D eigenvalue weighted by Gasteiger charge is -2.38. The fraction of sp³-hybridized carbons (Fsp3) is 0.611. The van der Waals surface area contributed by atoms with Gasteiger partial charge < -0.3 is 14.5 Å². The molecule has 2 rings (SSSR count). The molecule has 1 fully saturated rings. The van der Waals surface area contributed by atoms with Gasteiger partial charge in [-0.05, 0) is 31.2 Å². The molecule has 0 saturated carbocycles. The van der Waals surface area contributed by atoms with Crippen molar-refractivity contribution in [3.05, 3.63) is 29.6 Å². The van der Waals surface area contributed by atoms with Crippen LogP contribution < -0.4 is 4.74 Å². The van der Waals surface area contributed by atoms with Gasteiger partial charge in [0.25, 0.3) is 0 Å². The van der Waals surface area contributed by atoms with Gasteiger partial charge >= 0.3 is 0 Å². The van der Waals surface area contributed by atoms with Crippen molar-refractivity contribution in [1.29, 1.82) is 0 Å². The van der Waals surface area contributed by atoms with Crippen LogP contribution in [0.4, 0.5) is 4.39 Å². The first-order valence-corrected chi connectivity index (χ1v) is 8.50. The van der Waals surface area contributed by atoms with E-state index in [0.29, 0.717) is 6.54 Å². The number of carbonyl (C=O) groups is 1. The number of amides is 1. The van der Waals surface area contributed by atoms with Crippen LogP contribution in [-0.4, -0.2) is 73.5 Å². The van der Waals surface area contributed by atoms with Gasteiger partial charge in [-0.25, -0.2) is 4.39 Å². The van der Waals surface area contributed by atoms with Crippen LogP contribution in [-0.2, 0) is 11.3 Å². The van der Waals surface area contributed by atoms with Gasteiger partial charge in [-0.1, -0.05) is 13.0 Å². The van der Waals surface area contributed by atoms with Crippen LogP contribution in [0.2, 0.25) is 0 Å². The monoisotopic (exact) mass is 337 g/mol. The van der Waals surface area contributed by atoms with Crippen LogP contribution in [0.3, 0.4) is 0 Å². The summed E-state index contributed by atoms with van der Waals surface area (Å²) in [5.41, 5.74) is 0.757. The molecule has 1 unspecified atom stereocenters. The number of methoxy groups -OCH3 is 1. The van der Waals surface area contributed by atoms with E-state index >= 15 is 0 Å². The first-order chi connectivity index (χ1) is 11.5. The molecule has 0 bridgehead atoms. The first-order valence-electron chi connectivity index (χ1n) is 8.50. The third-order valence-electron chi connectivity index (χ3n) is 4.77. The van der Waals surface area contributed by atoms with Gasteiger partial charge in [-0.3, -0.25) is 9.69 Å². The maximum Gasteiger partial charge on any atom is 0.239 e. The predicted octanol–water partition coefficient (Wildman–Crippen LogP) is 1.82. The van der Waals surface area contributed by atoms with Crippen LogP contribution in [0.25, 0.3) is 0 Å². The van der Waals surface area contributed by atoms with Gasteiger partial charge in [0.05, 0.1) is 13.2 Å². The van der Waals surface area contributed by atoms with Gasteiger partial charge in [0, 0.05) is 39.8 Å². The molecule has 0 aromatic heterocycles. The first kappa shape index (κ1) is 18.7. The smallest absolute Gasteiger partial charge is 0.239 e. The van der Waals surface area contributed by atoms with Crippen molar-refractivity contribution >= 4 is 5.91 Å². The summed E-state index contributed by atoms with van der Waals surface area (Å²) in [4.78, 5) is 18.9. The van der Waals surface area contributed by atoms with Crippen molar-refractivity contribution in [3.8, 4) is 5.75 Å². The van der Waals surface area contributed by atoms with Crippen LogP contribution in [0.5, 0.6) is 5.75 Å². The molecule has 1 aliphatic heterocycles. The molecular formula is C18H28FN3O2. The maximum absolute atomic E-state index is 13.8. The molecule has 1 aromatic rings. The third-order valence-corrected chi connectivity index (χ3v) is 4.77. The molecule has 5 nitrogen and oxygen atoms in total. The molecule has 24 heavy (non-hydrogen) atoms. The Kier molecular flexibility index (Phi) is 6.57. The molecule has 0 aliphatic carbocycles. The summed E-state index contributed by atoms with van der Waals surface area (Å²) in [6.07, 6.45) is 0. The molecule has 0 spiro atoms. The van der Waals surface area contributed by atoms with E-state index in [4.69, 9.17) is 4.74 Å². The van der Waals surface area contributed by atoms with E-state index < -0.39 is 5.82 Å². The third kappa shape index (κ3) is 4.45. The molecule has 0 N–H and O–H groups in total. The quantitative estimate of drug-likeness (QED) is 0.793. The number of carbonyl (C=O) groups excluding carboxylic acids is 1. The number of hydrogen-bond acceptors (Lipinski definition) is 4. The van der Waals surface area contributed by atoms with Gasteiger partial charge in [-0.2, -0.15) is 0 Å². The topological polar surface area (TPSA) is 36.0 Å². The highest BCUT2D eigenvalue weighted by atomic mass is 19.1. The highest BCUT2D eigenvalue weighted by molar-refractivity contribution is 5.81. The number of ether oxygens (including phenoxy) is 1. The van der Waals surface area contributed by atoms with Crippen molar-refractivity contribution in [1.82, 2.24) is 14.7 Å². The fourth-order valence-corrected chi connectivity index (χ4v) is 3.10. The minimum Gasteiger partial charge on any atom is -0.494 e. The Morgan fingerprint density at radius 1 is 1.33 bits per heavy atom. The van der Waals surface area contributed by atoms with Gasteiger partial charge in [-0.15, -0.1) is 0 Å². The summed E-state index contributed by atoms with van der Waals surface area (Å²) >= 11 is 0. The molecule has 1 heterocycles. The molecular weight excluding hydrogens is 309 g/mol. The predicted molar refractivity (Wildman–Crippen MR) is 92.6 cm³/mol. The number of nitrogens with zero attached hydrogens (tertiary/aromatic N) is 3. The molecule has 1 saturated heterocycles. The normalized spacial score (nSPS) is 17.5. The van der Waals surface area contributed by atoms with Crippen molar-refractivity contribution < 1.29 is 13.9 Å². The Labute approximate surface area is 144 Å². The average molecular weight is 337 g/mol. The van der Waals surface area contributed by atoms with Gasteiger partial charge in [0.2, 0.25) is 5.91 Å². The highest BCUT2D eigenvalue weighted by Crippen LogP contribution is 2.19. The molecule has 6 heteroatoms. The molecule has 1 amide bonds. The van der Waals surface area contributed by atoms with Crippen LogP contribution in [0.15, 0.2) is 18.2 Å². The summed E-state index contributed by atoms with van der Waals surface area (Å²) < 4.78 is 18.7. The lowest BCUT2D eigenvalue weighted by molar-refractivity contribution is -0.136. The minimum atomic E-state index is -0.403. The lowest BCUT2D eigenvalue weighted by atomic mass is 10.1. The second-order valence-corrected chi connectivity index (χ2v) is 6.31. The van der Waals surface area contributed by atoms with Crippen LogP contribution >= 0.6 is 0 Å². The molecule has 1 aromatic carbocycles. The van der Waals surface area contributed by atoms with E-state index in [2.05, 4.69) is 16.7 Å². The second-order valence-electron chi connectivity index (χ2n) is 6.31.